The van der Waals surface area contributed by atoms with E-state index in [1.54, 1.807) is 13.0 Å². The molecule has 0 heterocycles. The Morgan fingerprint density at radius 3 is 2.67 bits per heavy atom. The number of benzene rings is 1. The molecule has 102 valence electrons. The van der Waals surface area contributed by atoms with E-state index in [-0.39, 0.29) is 18.0 Å². The van der Waals surface area contributed by atoms with Gasteiger partial charge in [-0.3, -0.25) is 0 Å². The van der Waals surface area contributed by atoms with E-state index in [0.717, 1.165) is 5.56 Å². The highest BCUT2D eigenvalue weighted by molar-refractivity contribution is 9.10. The van der Waals surface area contributed by atoms with Crippen molar-refractivity contribution in [3.05, 3.63) is 27.7 Å². The van der Waals surface area contributed by atoms with Crippen LogP contribution in [-0.2, 0) is 21.4 Å². The van der Waals surface area contributed by atoms with Crippen LogP contribution in [0.5, 0.6) is 0 Å². The van der Waals surface area contributed by atoms with Crippen molar-refractivity contribution in [2.45, 2.75) is 18.4 Å². The molecule has 1 aromatic rings. The maximum Gasteiger partial charge on any atom is 0.241 e. The topological polar surface area (TPSA) is 75.6 Å². The van der Waals surface area contributed by atoms with Crippen LogP contribution in [0.1, 0.15) is 11.1 Å². The number of sulfonamides is 1. The standard InChI is InChI=1S/C11H16BrNO4S/c1-8-5-9(7-14)6-10(11(8)12)18(15,16)13-3-4-17-2/h5-6,13-14H,3-4,7H2,1-2H3. The summed E-state index contributed by atoms with van der Waals surface area (Å²) in [6.45, 7) is 2.08. The predicted octanol–water partition coefficient (Wildman–Crippen LogP) is 1.17. The molecular weight excluding hydrogens is 322 g/mol. The van der Waals surface area contributed by atoms with Crippen LogP contribution in [0.2, 0.25) is 0 Å². The average molecular weight is 338 g/mol. The molecule has 0 amide bonds. The lowest BCUT2D eigenvalue weighted by atomic mass is 10.1. The van der Waals surface area contributed by atoms with Crippen molar-refractivity contribution in [2.75, 3.05) is 20.3 Å². The molecule has 0 bridgehead atoms. The van der Waals surface area contributed by atoms with Crippen molar-refractivity contribution < 1.29 is 18.3 Å². The Morgan fingerprint density at radius 1 is 1.44 bits per heavy atom. The van der Waals surface area contributed by atoms with E-state index in [2.05, 4.69) is 20.7 Å². The number of ether oxygens (including phenoxy) is 1. The molecule has 1 rings (SSSR count). The van der Waals surface area contributed by atoms with Gasteiger partial charge in [-0.2, -0.15) is 0 Å². The highest BCUT2D eigenvalue weighted by atomic mass is 79.9. The molecule has 0 aromatic heterocycles. The molecule has 0 aliphatic heterocycles. The minimum atomic E-state index is -3.61. The van der Waals surface area contributed by atoms with E-state index in [1.165, 1.54) is 13.2 Å². The van der Waals surface area contributed by atoms with E-state index in [4.69, 9.17) is 9.84 Å². The second-order valence-electron chi connectivity index (χ2n) is 3.77. The van der Waals surface area contributed by atoms with Gasteiger partial charge in [-0.05, 0) is 40.0 Å². The lowest BCUT2D eigenvalue weighted by molar-refractivity contribution is 0.204. The lowest BCUT2D eigenvalue weighted by Gasteiger charge is -2.11. The molecule has 2 N–H and O–H groups in total. The zero-order valence-corrected chi connectivity index (χ0v) is 12.6. The Balaban J connectivity index is 3.11. The average Bonchev–Trinajstić information content (AvgIpc) is 2.32. The van der Waals surface area contributed by atoms with E-state index in [9.17, 15) is 8.42 Å². The maximum absolute atomic E-state index is 12.1. The molecule has 0 unspecified atom stereocenters. The fraction of sp³-hybridized carbons (Fsp3) is 0.455. The van der Waals surface area contributed by atoms with E-state index < -0.39 is 10.0 Å². The first-order chi connectivity index (χ1) is 8.42. The Bertz CT molecular complexity index is 516. The third kappa shape index (κ3) is 3.76. The smallest absolute Gasteiger partial charge is 0.241 e. The summed E-state index contributed by atoms with van der Waals surface area (Å²) in [7, 11) is -2.11. The van der Waals surface area contributed by atoms with Crippen molar-refractivity contribution in [2.24, 2.45) is 0 Å². The zero-order valence-electron chi connectivity index (χ0n) is 10.2. The number of halogens is 1. The fourth-order valence-electron chi connectivity index (χ4n) is 1.45. The van der Waals surface area contributed by atoms with Gasteiger partial charge in [0.1, 0.15) is 0 Å². The number of aryl methyl sites for hydroxylation is 1. The van der Waals surface area contributed by atoms with Gasteiger partial charge >= 0.3 is 0 Å². The minimum absolute atomic E-state index is 0.127. The van der Waals surface area contributed by atoms with Crippen molar-refractivity contribution in [1.29, 1.82) is 0 Å². The molecule has 0 radical (unpaired) electrons. The Hall–Kier alpha value is -0.470. The number of hydrogen-bond acceptors (Lipinski definition) is 4. The number of rotatable bonds is 6. The molecule has 0 fully saturated rings. The number of hydrogen-bond donors (Lipinski definition) is 2. The summed E-state index contributed by atoms with van der Waals surface area (Å²) in [6.07, 6.45) is 0. The first kappa shape index (κ1) is 15.6. The summed E-state index contributed by atoms with van der Waals surface area (Å²) in [5.41, 5.74) is 1.32. The van der Waals surface area contributed by atoms with Crippen LogP contribution in [0.3, 0.4) is 0 Å². The molecule has 7 heteroatoms. The van der Waals surface area contributed by atoms with E-state index in [0.29, 0.717) is 16.6 Å². The van der Waals surface area contributed by atoms with Crippen LogP contribution in [0.25, 0.3) is 0 Å². The van der Waals surface area contributed by atoms with Crippen LogP contribution in [0, 0.1) is 6.92 Å². The second-order valence-corrected chi connectivity index (χ2v) is 6.30. The van der Waals surface area contributed by atoms with Crippen LogP contribution in [-0.4, -0.2) is 33.8 Å². The number of aliphatic hydroxyl groups is 1. The molecule has 0 spiro atoms. The van der Waals surface area contributed by atoms with Crippen LogP contribution < -0.4 is 4.72 Å². The van der Waals surface area contributed by atoms with Crippen molar-refractivity contribution in [3.8, 4) is 0 Å². The summed E-state index contributed by atoms with van der Waals surface area (Å²) < 4.78 is 31.9. The molecule has 0 saturated carbocycles. The molecule has 1 aromatic carbocycles. The quantitative estimate of drug-likeness (QED) is 0.764. The summed E-state index contributed by atoms with van der Waals surface area (Å²) in [5, 5.41) is 9.11. The molecule has 0 aliphatic rings. The Labute approximate surface area is 115 Å². The van der Waals surface area contributed by atoms with E-state index in [1.807, 2.05) is 0 Å². The van der Waals surface area contributed by atoms with E-state index >= 15 is 0 Å². The third-order valence-corrected chi connectivity index (χ3v) is 5.15. The monoisotopic (exact) mass is 337 g/mol. The maximum atomic E-state index is 12.1. The Kier molecular flexibility index (Phi) is 5.74. The first-order valence-corrected chi connectivity index (χ1v) is 7.58. The third-order valence-electron chi connectivity index (χ3n) is 2.35. The highest BCUT2D eigenvalue weighted by Gasteiger charge is 2.19. The summed E-state index contributed by atoms with van der Waals surface area (Å²) in [5.74, 6) is 0. The van der Waals surface area contributed by atoms with Gasteiger partial charge in [-0.1, -0.05) is 6.07 Å². The van der Waals surface area contributed by atoms with Crippen molar-refractivity contribution >= 4 is 26.0 Å². The molecule has 0 atom stereocenters. The zero-order chi connectivity index (χ0) is 13.8. The molecular formula is C11H16BrNO4S. The molecule has 0 saturated heterocycles. The summed E-state index contributed by atoms with van der Waals surface area (Å²) in [6, 6.07) is 3.18. The number of nitrogens with one attached hydrogen (secondary N) is 1. The van der Waals surface area contributed by atoms with Crippen molar-refractivity contribution in [3.63, 3.8) is 0 Å². The van der Waals surface area contributed by atoms with Gasteiger partial charge in [-0.15, -0.1) is 0 Å². The fourth-order valence-corrected chi connectivity index (χ4v) is 3.53. The second kappa shape index (κ2) is 6.63. The number of methoxy groups -OCH3 is 1. The van der Waals surface area contributed by atoms with Crippen LogP contribution in [0.15, 0.2) is 21.5 Å². The molecule has 18 heavy (non-hydrogen) atoms. The first-order valence-electron chi connectivity index (χ1n) is 5.31. The Morgan fingerprint density at radius 2 is 2.11 bits per heavy atom. The summed E-state index contributed by atoms with van der Waals surface area (Å²) >= 11 is 3.26. The van der Waals surface area contributed by atoms with Gasteiger partial charge in [-0.25, -0.2) is 13.1 Å². The van der Waals surface area contributed by atoms with Gasteiger partial charge in [0.2, 0.25) is 10.0 Å². The molecule has 5 nitrogen and oxygen atoms in total. The largest absolute Gasteiger partial charge is 0.392 e. The minimum Gasteiger partial charge on any atom is -0.392 e. The summed E-state index contributed by atoms with van der Waals surface area (Å²) in [4.78, 5) is 0.127. The normalized spacial score (nSPS) is 11.8. The van der Waals surface area contributed by atoms with Crippen LogP contribution >= 0.6 is 15.9 Å². The van der Waals surface area contributed by atoms with Gasteiger partial charge in [0.05, 0.1) is 18.1 Å². The van der Waals surface area contributed by atoms with Gasteiger partial charge in [0.25, 0.3) is 0 Å². The van der Waals surface area contributed by atoms with Gasteiger partial charge in [0, 0.05) is 18.1 Å². The highest BCUT2D eigenvalue weighted by Crippen LogP contribution is 2.27. The SMILES string of the molecule is COCCNS(=O)(=O)c1cc(CO)cc(C)c1Br. The predicted molar refractivity (Wildman–Crippen MR) is 71.9 cm³/mol. The lowest BCUT2D eigenvalue weighted by Crippen LogP contribution is -2.27. The van der Waals surface area contributed by atoms with Gasteiger partial charge in [0.15, 0.2) is 0 Å². The number of aliphatic hydroxyl groups excluding tert-OH is 1. The van der Waals surface area contributed by atoms with Crippen LogP contribution in [0.4, 0.5) is 0 Å². The molecule has 0 aliphatic carbocycles. The van der Waals surface area contributed by atoms with Gasteiger partial charge < -0.3 is 9.84 Å². The van der Waals surface area contributed by atoms with Crippen molar-refractivity contribution in [1.82, 2.24) is 4.72 Å².